The Labute approximate surface area is 60.9 Å². The first kappa shape index (κ1) is 9.14. The number of unbranched alkanes of at least 4 members (excludes halogenated alkanes) is 1. The van der Waals surface area contributed by atoms with Crippen molar-refractivity contribution in [3.05, 3.63) is 21.9 Å². The van der Waals surface area contributed by atoms with Crippen molar-refractivity contribution in [1.29, 1.82) is 0 Å². The molecular weight excluding hydrogens is 130 g/mol. The van der Waals surface area contributed by atoms with Gasteiger partial charge in [0.05, 0.1) is 4.92 Å². The van der Waals surface area contributed by atoms with Crippen molar-refractivity contribution in [2.24, 2.45) is 0 Å². The van der Waals surface area contributed by atoms with Crippen LogP contribution in [0, 0.1) is 10.1 Å². The smallest absolute Gasteiger partial charge is 0.242 e. The van der Waals surface area contributed by atoms with Crippen molar-refractivity contribution in [3.63, 3.8) is 0 Å². The summed E-state index contributed by atoms with van der Waals surface area (Å²) in [7, 11) is 0. The molecule has 0 radical (unpaired) electrons. The highest BCUT2D eigenvalue weighted by Crippen LogP contribution is 2.06. The lowest BCUT2D eigenvalue weighted by atomic mass is 10.2. The van der Waals surface area contributed by atoms with Crippen LogP contribution >= 0.6 is 0 Å². The quantitative estimate of drug-likeness (QED) is 0.448. The number of nitro groups is 1. The van der Waals surface area contributed by atoms with E-state index in [1.807, 2.05) is 6.92 Å². The Morgan fingerprint density at radius 2 is 2.30 bits per heavy atom. The minimum atomic E-state index is -0.310. The summed E-state index contributed by atoms with van der Waals surface area (Å²) in [4.78, 5) is 9.86. The lowest BCUT2D eigenvalue weighted by Gasteiger charge is -1.93. The number of hydrogen-bond acceptors (Lipinski definition) is 2. The average molecular weight is 143 g/mol. The minimum absolute atomic E-state index is 0.310. The van der Waals surface area contributed by atoms with Gasteiger partial charge in [-0.2, -0.15) is 0 Å². The van der Waals surface area contributed by atoms with E-state index < -0.39 is 0 Å². The molecule has 0 spiro atoms. The van der Waals surface area contributed by atoms with Crippen molar-refractivity contribution in [1.82, 2.24) is 0 Å². The fourth-order valence-electron chi connectivity index (χ4n) is 0.699. The van der Waals surface area contributed by atoms with Gasteiger partial charge in [-0.15, -0.1) is 0 Å². The highest BCUT2D eigenvalue weighted by molar-refractivity contribution is 4.87. The van der Waals surface area contributed by atoms with Crippen LogP contribution in [0.5, 0.6) is 0 Å². The van der Waals surface area contributed by atoms with Gasteiger partial charge < -0.3 is 0 Å². The molecule has 0 aliphatic carbocycles. The molecule has 0 atom stereocenters. The van der Waals surface area contributed by atoms with Crippen LogP contribution < -0.4 is 0 Å². The van der Waals surface area contributed by atoms with Gasteiger partial charge in [0, 0.05) is 6.42 Å². The molecule has 0 saturated carbocycles. The largest absolute Gasteiger partial charge is 0.259 e. The van der Waals surface area contributed by atoms with Crippen molar-refractivity contribution >= 4 is 0 Å². The number of nitrogens with zero attached hydrogens (tertiary/aromatic N) is 1. The van der Waals surface area contributed by atoms with Crippen LogP contribution in [0.1, 0.15) is 33.1 Å². The van der Waals surface area contributed by atoms with E-state index in [4.69, 9.17) is 0 Å². The first-order valence-corrected chi connectivity index (χ1v) is 3.52. The summed E-state index contributed by atoms with van der Waals surface area (Å²) in [6, 6.07) is 0. The van der Waals surface area contributed by atoms with Crippen LogP contribution in [-0.4, -0.2) is 4.92 Å². The molecule has 0 saturated heterocycles. The van der Waals surface area contributed by atoms with Gasteiger partial charge in [-0.1, -0.05) is 13.3 Å². The van der Waals surface area contributed by atoms with Gasteiger partial charge in [0.15, 0.2) is 0 Å². The fraction of sp³-hybridized carbons (Fsp3) is 0.714. The Hall–Kier alpha value is -0.860. The molecule has 0 aliphatic rings. The van der Waals surface area contributed by atoms with Crippen molar-refractivity contribution in [3.8, 4) is 0 Å². The summed E-state index contributed by atoms with van der Waals surface area (Å²) in [6.07, 6.45) is 4.07. The summed E-state index contributed by atoms with van der Waals surface area (Å²) in [5.41, 5.74) is 0.335. The lowest BCUT2D eigenvalue weighted by Crippen LogP contribution is -1.97. The summed E-state index contributed by atoms with van der Waals surface area (Å²) in [6.45, 7) is 3.72. The van der Waals surface area contributed by atoms with Crippen LogP contribution in [0.25, 0.3) is 0 Å². The third-order valence-electron chi connectivity index (χ3n) is 1.35. The maximum atomic E-state index is 10.2. The molecule has 0 heterocycles. The lowest BCUT2D eigenvalue weighted by molar-refractivity contribution is -0.428. The molecule has 0 bridgehead atoms. The Morgan fingerprint density at radius 1 is 1.70 bits per heavy atom. The van der Waals surface area contributed by atoms with Crippen LogP contribution in [0.15, 0.2) is 11.8 Å². The van der Waals surface area contributed by atoms with E-state index in [0.29, 0.717) is 12.1 Å². The molecule has 0 aliphatic heterocycles. The van der Waals surface area contributed by atoms with Crippen LogP contribution in [0.4, 0.5) is 0 Å². The second kappa shape index (κ2) is 4.97. The SMILES string of the molecule is C/C=C(/CCCC)[N+](=O)[O-]. The van der Waals surface area contributed by atoms with Gasteiger partial charge in [0.1, 0.15) is 0 Å². The number of hydrogen-bond donors (Lipinski definition) is 0. The zero-order valence-corrected chi connectivity index (χ0v) is 6.46. The third kappa shape index (κ3) is 3.22. The monoisotopic (exact) mass is 143 g/mol. The van der Waals surface area contributed by atoms with E-state index in [9.17, 15) is 10.1 Å². The molecule has 58 valence electrons. The molecule has 0 amide bonds. The van der Waals surface area contributed by atoms with Crippen molar-refractivity contribution in [2.45, 2.75) is 33.1 Å². The van der Waals surface area contributed by atoms with Gasteiger partial charge in [0.25, 0.3) is 0 Å². The summed E-state index contributed by atoms with van der Waals surface area (Å²) in [5, 5.41) is 10.2. The van der Waals surface area contributed by atoms with E-state index in [-0.39, 0.29) is 4.92 Å². The van der Waals surface area contributed by atoms with E-state index >= 15 is 0 Å². The molecule has 0 aromatic heterocycles. The van der Waals surface area contributed by atoms with E-state index in [2.05, 4.69) is 0 Å². The summed E-state index contributed by atoms with van der Waals surface area (Å²) in [5.74, 6) is 0. The first-order valence-electron chi connectivity index (χ1n) is 3.52. The molecular formula is C7H13NO2. The van der Waals surface area contributed by atoms with E-state index in [1.54, 1.807) is 13.0 Å². The van der Waals surface area contributed by atoms with E-state index in [1.165, 1.54) is 0 Å². The first-order chi connectivity index (χ1) is 4.72. The van der Waals surface area contributed by atoms with Crippen molar-refractivity contribution in [2.75, 3.05) is 0 Å². The molecule has 0 aromatic carbocycles. The van der Waals surface area contributed by atoms with Crippen LogP contribution in [-0.2, 0) is 0 Å². The highest BCUT2D eigenvalue weighted by atomic mass is 16.6. The van der Waals surface area contributed by atoms with Gasteiger partial charge >= 0.3 is 0 Å². The molecule has 10 heavy (non-hydrogen) atoms. The maximum absolute atomic E-state index is 10.2. The fourth-order valence-corrected chi connectivity index (χ4v) is 0.699. The second-order valence-corrected chi connectivity index (χ2v) is 2.14. The predicted octanol–water partition coefficient (Wildman–Crippen LogP) is 2.36. The molecule has 0 rings (SSSR count). The Morgan fingerprint density at radius 3 is 2.60 bits per heavy atom. The molecule has 0 fully saturated rings. The normalized spacial score (nSPS) is 11.6. The molecule has 3 heteroatoms. The summed E-state index contributed by atoms with van der Waals surface area (Å²) >= 11 is 0. The minimum Gasteiger partial charge on any atom is -0.259 e. The second-order valence-electron chi connectivity index (χ2n) is 2.14. The van der Waals surface area contributed by atoms with Crippen molar-refractivity contribution < 1.29 is 4.92 Å². The molecule has 3 nitrogen and oxygen atoms in total. The highest BCUT2D eigenvalue weighted by Gasteiger charge is 2.05. The molecule has 0 aromatic rings. The van der Waals surface area contributed by atoms with Gasteiger partial charge in [-0.05, 0) is 19.4 Å². The summed E-state index contributed by atoms with van der Waals surface area (Å²) < 4.78 is 0. The zero-order valence-electron chi connectivity index (χ0n) is 6.46. The third-order valence-corrected chi connectivity index (χ3v) is 1.35. The van der Waals surface area contributed by atoms with Gasteiger partial charge in [0.2, 0.25) is 5.70 Å². The Balaban J connectivity index is 3.74. The Kier molecular flexibility index (Phi) is 4.54. The zero-order chi connectivity index (χ0) is 7.98. The molecule has 0 N–H and O–H groups in total. The maximum Gasteiger partial charge on any atom is 0.242 e. The molecule has 0 unspecified atom stereocenters. The van der Waals surface area contributed by atoms with Gasteiger partial charge in [-0.3, -0.25) is 10.1 Å². The predicted molar refractivity (Wildman–Crippen MR) is 40.3 cm³/mol. The van der Waals surface area contributed by atoms with Gasteiger partial charge in [-0.25, -0.2) is 0 Å². The van der Waals surface area contributed by atoms with Crippen LogP contribution in [0.2, 0.25) is 0 Å². The number of rotatable bonds is 4. The van der Waals surface area contributed by atoms with E-state index in [0.717, 1.165) is 12.8 Å². The number of allylic oxidation sites excluding steroid dienone is 2. The average Bonchev–Trinajstić information content (AvgIpc) is 1.89. The standard InChI is InChI=1S/C7H13NO2/c1-3-5-6-7(4-2)8(9)10/h4H,3,5-6H2,1-2H3/b7-4-. The van der Waals surface area contributed by atoms with Crippen LogP contribution in [0.3, 0.4) is 0 Å². The Bertz CT molecular complexity index is 141. The topological polar surface area (TPSA) is 43.1 Å².